The molecule has 15 heavy (non-hydrogen) atoms. The lowest BCUT2D eigenvalue weighted by atomic mass is 9.74. The van der Waals surface area contributed by atoms with Crippen LogP contribution >= 0.6 is 11.3 Å². The van der Waals surface area contributed by atoms with Gasteiger partial charge in [0.1, 0.15) is 0 Å². The summed E-state index contributed by atoms with van der Waals surface area (Å²) in [4.78, 5) is 12.0. The van der Waals surface area contributed by atoms with Crippen LogP contribution in [-0.4, -0.2) is 11.4 Å². The average Bonchev–Trinajstić information content (AvgIpc) is 2.54. The highest BCUT2D eigenvalue weighted by Crippen LogP contribution is 2.30. The standard InChI is InChI=1S/C11H18N2OS/c1-10(2,11(3,4)12)9(14)13-8-5-6-15-7-8/h5-7H,12H2,1-4H3,(H,13,14). The predicted octanol–water partition coefficient (Wildman–Crippen LogP) is 2.45. The van der Waals surface area contributed by atoms with Gasteiger partial charge in [0.15, 0.2) is 0 Å². The number of amides is 1. The molecule has 1 rings (SSSR count). The zero-order chi connectivity index (χ0) is 11.7. The van der Waals surface area contributed by atoms with Crippen molar-refractivity contribution in [2.45, 2.75) is 33.2 Å². The van der Waals surface area contributed by atoms with Gasteiger partial charge in [0.2, 0.25) is 5.91 Å². The Morgan fingerprint density at radius 1 is 1.40 bits per heavy atom. The molecule has 0 fully saturated rings. The number of nitrogens with two attached hydrogens (primary N) is 1. The second kappa shape index (κ2) is 3.94. The first-order chi connectivity index (χ1) is 6.75. The molecule has 1 heterocycles. The highest BCUT2D eigenvalue weighted by atomic mass is 32.1. The SMILES string of the molecule is CC(C)(N)C(C)(C)C(=O)Nc1ccsc1. The van der Waals surface area contributed by atoms with Crippen LogP contribution < -0.4 is 11.1 Å². The van der Waals surface area contributed by atoms with Crippen LogP contribution in [0.2, 0.25) is 0 Å². The Kier molecular flexibility index (Phi) is 3.21. The van der Waals surface area contributed by atoms with Crippen molar-refractivity contribution in [3.63, 3.8) is 0 Å². The Morgan fingerprint density at radius 3 is 2.40 bits per heavy atom. The van der Waals surface area contributed by atoms with Crippen molar-refractivity contribution in [1.29, 1.82) is 0 Å². The van der Waals surface area contributed by atoms with E-state index in [0.29, 0.717) is 0 Å². The summed E-state index contributed by atoms with van der Waals surface area (Å²) in [5.74, 6) is -0.0478. The summed E-state index contributed by atoms with van der Waals surface area (Å²) in [5, 5.41) is 6.69. The van der Waals surface area contributed by atoms with Crippen LogP contribution in [0.25, 0.3) is 0 Å². The van der Waals surface area contributed by atoms with Gasteiger partial charge < -0.3 is 11.1 Å². The van der Waals surface area contributed by atoms with E-state index >= 15 is 0 Å². The molecule has 1 amide bonds. The fourth-order valence-corrected chi connectivity index (χ4v) is 1.50. The first kappa shape index (κ1) is 12.2. The van der Waals surface area contributed by atoms with Crippen molar-refractivity contribution in [3.05, 3.63) is 16.8 Å². The second-order valence-corrected chi connectivity index (χ2v) is 5.59. The minimum Gasteiger partial charge on any atom is -0.325 e. The van der Waals surface area contributed by atoms with Crippen LogP contribution in [0.1, 0.15) is 27.7 Å². The topological polar surface area (TPSA) is 55.1 Å². The lowest BCUT2D eigenvalue weighted by Gasteiger charge is -2.36. The molecule has 84 valence electrons. The van der Waals surface area contributed by atoms with Crippen LogP contribution in [0.15, 0.2) is 16.8 Å². The molecule has 4 heteroatoms. The second-order valence-electron chi connectivity index (χ2n) is 4.81. The monoisotopic (exact) mass is 226 g/mol. The fourth-order valence-electron chi connectivity index (χ4n) is 0.916. The Bertz CT molecular complexity index is 336. The Labute approximate surface area is 94.7 Å². The average molecular weight is 226 g/mol. The van der Waals surface area contributed by atoms with Gasteiger partial charge in [0.05, 0.1) is 11.1 Å². The molecule has 0 aliphatic rings. The van der Waals surface area contributed by atoms with Crippen molar-refractivity contribution < 1.29 is 4.79 Å². The van der Waals surface area contributed by atoms with Crippen LogP contribution in [0.3, 0.4) is 0 Å². The molecule has 0 spiro atoms. The van der Waals surface area contributed by atoms with Gasteiger partial charge in [-0.2, -0.15) is 11.3 Å². The largest absolute Gasteiger partial charge is 0.325 e. The molecule has 3 N–H and O–H groups in total. The molecule has 0 saturated carbocycles. The van der Waals surface area contributed by atoms with Crippen molar-refractivity contribution in [1.82, 2.24) is 0 Å². The van der Waals surface area contributed by atoms with Crippen molar-refractivity contribution in [3.8, 4) is 0 Å². The van der Waals surface area contributed by atoms with Gasteiger partial charge in [-0.1, -0.05) is 0 Å². The van der Waals surface area contributed by atoms with E-state index in [9.17, 15) is 4.79 Å². The van der Waals surface area contributed by atoms with Crippen LogP contribution in [0.4, 0.5) is 5.69 Å². The van der Waals surface area contributed by atoms with E-state index in [0.717, 1.165) is 5.69 Å². The predicted molar refractivity (Wildman–Crippen MR) is 65.0 cm³/mol. The van der Waals surface area contributed by atoms with Crippen LogP contribution in [0, 0.1) is 5.41 Å². The third-order valence-electron chi connectivity index (χ3n) is 2.96. The zero-order valence-electron chi connectivity index (χ0n) is 9.63. The molecule has 0 radical (unpaired) electrons. The summed E-state index contributed by atoms with van der Waals surface area (Å²) >= 11 is 1.55. The summed E-state index contributed by atoms with van der Waals surface area (Å²) < 4.78 is 0. The maximum absolute atomic E-state index is 12.0. The van der Waals surface area contributed by atoms with Crippen LogP contribution in [-0.2, 0) is 4.79 Å². The van der Waals surface area contributed by atoms with E-state index in [1.807, 2.05) is 44.5 Å². The minimum atomic E-state index is -0.602. The van der Waals surface area contributed by atoms with Crippen molar-refractivity contribution >= 4 is 22.9 Å². The molecule has 3 nitrogen and oxygen atoms in total. The number of carbonyl (C=O) groups excluding carboxylic acids is 1. The van der Waals surface area contributed by atoms with Gasteiger partial charge >= 0.3 is 0 Å². The number of anilines is 1. The van der Waals surface area contributed by atoms with E-state index < -0.39 is 11.0 Å². The normalized spacial score (nSPS) is 12.6. The van der Waals surface area contributed by atoms with E-state index in [-0.39, 0.29) is 5.91 Å². The van der Waals surface area contributed by atoms with E-state index in [4.69, 9.17) is 5.73 Å². The highest BCUT2D eigenvalue weighted by Gasteiger charge is 2.40. The van der Waals surface area contributed by atoms with E-state index in [1.54, 1.807) is 11.3 Å². The molecular weight excluding hydrogens is 208 g/mol. The maximum Gasteiger partial charge on any atom is 0.231 e. The minimum absolute atomic E-state index is 0.0478. The number of carbonyl (C=O) groups is 1. The summed E-state index contributed by atoms with van der Waals surface area (Å²) in [6.45, 7) is 7.43. The Balaban J connectivity index is 2.77. The van der Waals surface area contributed by atoms with Crippen molar-refractivity contribution in [2.75, 3.05) is 5.32 Å². The number of thiophene rings is 1. The van der Waals surface area contributed by atoms with Gasteiger partial charge in [-0.05, 0) is 39.1 Å². The van der Waals surface area contributed by atoms with E-state index in [2.05, 4.69) is 5.32 Å². The smallest absolute Gasteiger partial charge is 0.231 e. The molecule has 0 atom stereocenters. The van der Waals surface area contributed by atoms with Gasteiger partial charge in [-0.15, -0.1) is 0 Å². The van der Waals surface area contributed by atoms with Gasteiger partial charge in [-0.3, -0.25) is 4.79 Å². The van der Waals surface area contributed by atoms with Crippen molar-refractivity contribution in [2.24, 2.45) is 11.1 Å². The Hall–Kier alpha value is -0.870. The molecule has 0 aliphatic carbocycles. The summed E-state index contributed by atoms with van der Waals surface area (Å²) in [6.07, 6.45) is 0. The van der Waals surface area contributed by atoms with Gasteiger partial charge in [-0.25, -0.2) is 0 Å². The Morgan fingerprint density at radius 2 is 2.00 bits per heavy atom. The maximum atomic E-state index is 12.0. The lowest BCUT2D eigenvalue weighted by molar-refractivity contribution is -0.126. The summed E-state index contributed by atoms with van der Waals surface area (Å²) in [6, 6.07) is 1.88. The molecule has 0 aromatic carbocycles. The molecule has 0 aliphatic heterocycles. The van der Waals surface area contributed by atoms with E-state index in [1.165, 1.54) is 0 Å². The highest BCUT2D eigenvalue weighted by molar-refractivity contribution is 7.08. The molecular formula is C11H18N2OS. The third kappa shape index (κ3) is 2.58. The molecule has 1 aromatic heterocycles. The summed E-state index contributed by atoms with van der Waals surface area (Å²) in [7, 11) is 0. The fraction of sp³-hybridized carbons (Fsp3) is 0.545. The van der Waals surface area contributed by atoms with Gasteiger partial charge in [0, 0.05) is 10.9 Å². The first-order valence-electron chi connectivity index (χ1n) is 4.87. The molecule has 0 bridgehead atoms. The lowest BCUT2D eigenvalue weighted by Crippen LogP contribution is -2.53. The molecule has 1 aromatic rings. The number of hydrogen-bond acceptors (Lipinski definition) is 3. The quantitative estimate of drug-likeness (QED) is 0.831. The van der Waals surface area contributed by atoms with Crippen LogP contribution in [0.5, 0.6) is 0 Å². The zero-order valence-corrected chi connectivity index (χ0v) is 10.4. The number of hydrogen-bond donors (Lipinski definition) is 2. The number of nitrogens with one attached hydrogen (secondary N) is 1. The molecule has 0 saturated heterocycles. The molecule has 0 unspecified atom stereocenters. The first-order valence-corrected chi connectivity index (χ1v) is 5.82. The third-order valence-corrected chi connectivity index (χ3v) is 3.64. The summed E-state index contributed by atoms with van der Waals surface area (Å²) in [5.41, 5.74) is 5.67. The number of rotatable bonds is 3. The van der Waals surface area contributed by atoms with Gasteiger partial charge in [0.25, 0.3) is 0 Å².